The van der Waals surface area contributed by atoms with Crippen LogP contribution in [0.3, 0.4) is 0 Å². The number of hydrogen-bond donors (Lipinski definition) is 2. The van der Waals surface area contributed by atoms with Crippen molar-refractivity contribution in [2.24, 2.45) is 5.92 Å². The van der Waals surface area contributed by atoms with Crippen LogP contribution in [-0.2, 0) is 19.9 Å². The molecule has 0 saturated carbocycles. The molecule has 1 atom stereocenters. The van der Waals surface area contributed by atoms with Gasteiger partial charge >= 0.3 is 0 Å². The highest BCUT2D eigenvalue weighted by molar-refractivity contribution is 5.89. The van der Waals surface area contributed by atoms with E-state index >= 15 is 0 Å². The zero-order valence-electron chi connectivity index (χ0n) is 16.6. The molecule has 2 aliphatic rings. The van der Waals surface area contributed by atoms with Gasteiger partial charge < -0.3 is 24.7 Å². The molecule has 0 aromatic carbocycles. The van der Waals surface area contributed by atoms with Crippen LogP contribution in [0.4, 0.5) is 0 Å². The van der Waals surface area contributed by atoms with E-state index in [-0.39, 0.29) is 17.7 Å². The summed E-state index contributed by atoms with van der Waals surface area (Å²) in [4.78, 5) is 32.1. The highest BCUT2D eigenvalue weighted by atomic mass is 16.5. The van der Waals surface area contributed by atoms with Crippen molar-refractivity contribution in [2.75, 3.05) is 32.8 Å². The van der Waals surface area contributed by atoms with Gasteiger partial charge in [0.15, 0.2) is 0 Å². The molecule has 4 heterocycles. The fourth-order valence-electron chi connectivity index (χ4n) is 3.89. The largest absolute Gasteiger partial charge is 0.380 e. The van der Waals surface area contributed by atoms with E-state index < -0.39 is 11.6 Å². The minimum absolute atomic E-state index is 0.00703. The molecule has 1 unspecified atom stereocenters. The SMILES string of the molecule is Cc1cccn2c(C(C)(C)NC(=O)C3CNCCN3C(=O)C3COC3)ncc12. The van der Waals surface area contributed by atoms with Crippen molar-refractivity contribution in [3.05, 3.63) is 35.9 Å². The number of fused-ring (bicyclic) bond motifs is 1. The molecule has 28 heavy (non-hydrogen) atoms. The van der Waals surface area contributed by atoms with Crippen molar-refractivity contribution >= 4 is 17.3 Å². The summed E-state index contributed by atoms with van der Waals surface area (Å²) in [5.41, 5.74) is 1.45. The van der Waals surface area contributed by atoms with Gasteiger partial charge in [0.05, 0.1) is 36.4 Å². The predicted octanol–water partition coefficient (Wildman–Crippen LogP) is 0.441. The van der Waals surface area contributed by atoms with E-state index in [2.05, 4.69) is 15.6 Å². The molecule has 4 rings (SSSR count). The van der Waals surface area contributed by atoms with Crippen LogP contribution < -0.4 is 10.6 Å². The molecule has 2 aliphatic heterocycles. The van der Waals surface area contributed by atoms with Crippen LogP contribution in [0.5, 0.6) is 0 Å². The first kappa shape index (κ1) is 18.9. The molecule has 2 amide bonds. The number of amides is 2. The molecule has 2 aromatic heterocycles. The Kier molecular flexibility index (Phi) is 4.84. The van der Waals surface area contributed by atoms with Crippen molar-refractivity contribution in [1.82, 2.24) is 24.9 Å². The first-order valence-electron chi connectivity index (χ1n) is 9.72. The number of ether oxygens (including phenoxy) is 1. The van der Waals surface area contributed by atoms with E-state index in [0.29, 0.717) is 32.8 Å². The van der Waals surface area contributed by atoms with Gasteiger partial charge in [-0.1, -0.05) is 6.07 Å². The third-order valence-corrected chi connectivity index (χ3v) is 5.59. The van der Waals surface area contributed by atoms with E-state index in [1.807, 2.05) is 49.7 Å². The minimum atomic E-state index is -0.691. The maximum absolute atomic E-state index is 13.1. The standard InChI is InChI=1S/C20H27N5O3/c1-13-5-4-7-25-15(13)10-22-19(25)20(2,3)23-17(26)16-9-21-6-8-24(16)18(27)14-11-28-12-14/h4-5,7,10,14,16,21H,6,8-9,11-12H2,1-3H3,(H,23,26). The number of hydrogen-bond acceptors (Lipinski definition) is 5. The number of nitrogens with zero attached hydrogens (tertiary/aromatic N) is 3. The van der Waals surface area contributed by atoms with Crippen LogP contribution in [0.2, 0.25) is 0 Å². The van der Waals surface area contributed by atoms with Crippen molar-refractivity contribution in [1.29, 1.82) is 0 Å². The quantitative estimate of drug-likeness (QED) is 0.798. The second kappa shape index (κ2) is 7.18. The van der Waals surface area contributed by atoms with E-state index in [1.54, 1.807) is 4.90 Å². The summed E-state index contributed by atoms with van der Waals surface area (Å²) in [5.74, 6) is 0.469. The van der Waals surface area contributed by atoms with E-state index in [4.69, 9.17) is 4.74 Å². The molecule has 2 fully saturated rings. The van der Waals surface area contributed by atoms with Gasteiger partial charge in [-0.2, -0.15) is 0 Å². The van der Waals surface area contributed by atoms with E-state index in [9.17, 15) is 9.59 Å². The highest BCUT2D eigenvalue weighted by Crippen LogP contribution is 2.23. The molecule has 0 radical (unpaired) electrons. The van der Waals surface area contributed by atoms with E-state index in [0.717, 1.165) is 16.9 Å². The number of imidazole rings is 1. The Morgan fingerprint density at radius 2 is 2.14 bits per heavy atom. The van der Waals surface area contributed by atoms with Gasteiger partial charge in [-0.15, -0.1) is 0 Å². The summed E-state index contributed by atoms with van der Waals surface area (Å²) in [6.45, 7) is 8.46. The maximum atomic E-state index is 13.1. The summed E-state index contributed by atoms with van der Waals surface area (Å²) in [7, 11) is 0. The van der Waals surface area contributed by atoms with Gasteiger partial charge in [-0.25, -0.2) is 4.98 Å². The number of aryl methyl sites for hydroxylation is 1. The monoisotopic (exact) mass is 385 g/mol. The average molecular weight is 385 g/mol. The summed E-state index contributed by atoms with van der Waals surface area (Å²) in [6, 6.07) is 3.47. The molecule has 8 nitrogen and oxygen atoms in total. The third-order valence-electron chi connectivity index (χ3n) is 5.59. The molecule has 2 saturated heterocycles. The fraction of sp³-hybridized carbons (Fsp3) is 0.550. The summed E-state index contributed by atoms with van der Waals surface area (Å²) in [6.07, 6.45) is 3.78. The van der Waals surface area contributed by atoms with Gasteiger partial charge in [0.2, 0.25) is 11.8 Å². The third kappa shape index (κ3) is 3.27. The molecule has 0 aliphatic carbocycles. The lowest BCUT2D eigenvalue weighted by molar-refractivity contribution is -0.156. The molecular weight excluding hydrogens is 358 g/mol. The van der Waals surface area contributed by atoms with Crippen LogP contribution >= 0.6 is 0 Å². The zero-order valence-corrected chi connectivity index (χ0v) is 16.6. The summed E-state index contributed by atoms with van der Waals surface area (Å²) >= 11 is 0. The molecule has 8 heteroatoms. The highest BCUT2D eigenvalue weighted by Gasteiger charge is 2.40. The Morgan fingerprint density at radius 3 is 2.86 bits per heavy atom. The van der Waals surface area contributed by atoms with E-state index in [1.165, 1.54) is 0 Å². The smallest absolute Gasteiger partial charge is 0.244 e. The number of carbonyl (C=O) groups is 2. The number of aromatic nitrogens is 2. The van der Waals surface area contributed by atoms with Crippen LogP contribution in [0, 0.1) is 12.8 Å². The van der Waals surface area contributed by atoms with Gasteiger partial charge in [0, 0.05) is 25.8 Å². The lowest BCUT2D eigenvalue weighted by Gasteiger charge is -2.40. The lowest BCUT2D eigenvalue weighted by Crippen LogP contribution is -2.63. The topological polar surface area (TPSA) is 88.0 Å². The minimum Gasteiger partial charge on any atom is -0.380 e. The number of rotatable bonds is 4. The number of piperazine rings is 1. The molecular formula is C20H27N5O3. The first-order valence-corrected chi connectivity index (χ1v) is 9.72. The first-order chi connectivity index (χ1) is 13.4. The normalized spacial score (nSPS) is 20.8. The Balaban J connectivity index is 1.55. The fourth-order valence-corrected chi connectivity index (χ4v) is 3.89. The molecule has 2 aromatic rings. The van der Waals surface area contributed by atoms with Gasteiger partial charge in [0.25, 0.3) is 0 Å². The number of carbonyl (C=O) groups excluding carboxylic acids is 2. The van der Waals surface area contributed by atoms with Gasteiger partial charge in [-0.05, 0) is 32.4 Å². The Labute approximate surface area is 164 Å². The lowest BCUT2D eigenvalue weighted by atomic mass is 10.0. The summed E-state index contributed by atoms with van der Waals surface area (Å²) < 4.78 is 7.15. The second-order valence-electron chi connectivity index (χ2n) is 8.13. The van der Waals surface area contributed by atoms with Crippen LogP contribution in [0.25, 0.3) is 5.52 Å². The Bertz CT molecular complexity index is 902. The van der Waals surface area contributed by atoms with Crippen molar-refractivity contribution in [2.45, 2.75) is 32.4 Å². The summed E-state index contributed by atoms with van der Waals surface area (Å²) in [5, 5.41) is 6.34. The molecule has 2 N–H and O–H groups in total. The zero-order chi connectivity index (χ0) is 19.9. The molecule has 0 bridgehead atoms. The molecule has 0 spiro atoms. The molecule has 150 valence electrons. The Morgan fingerprint density at radius 1 is 1.36 bits per heavy atom. The second-order valence-corrected chi connectivity index (χ2v) is 8.13. The van der Waals surface area contributed by atoms with Crippen LogP contribution in [0.15, 0.2) is 24.5 Å². The van der Waals surface area contributed by atoms with Gasteiger partial charge in [-0.3, -0.25) is 9.59 Å². The van der Waals surface area contributed by atoms with Gasteiger partial charge in [0.1, 0.15) is 11.9 Å². The van der Waals surface area contributed by atoms with Crippen LogP contribution in [-0.4, -0.2) is 65.0 Å². The average Bonchev–Trinajstić information content (AvgIpc) is 3.06. The van der Waals surface area contributed by atoms with Crippen molar-refractivity contribution in [3.8, 4) is 0 Å². The van der Waals surface area contributed by atoms with Crippen molar-refractivity contribution < 1.29 is 14.3 Å². The Hall–Kier alpha value is -2.45. The van der Waals surface area contributed by atoms with Crippen molar-refractivity contribution in [3.63, 3.8) is 0 Å². The number of nitrogens with one attached hydrogen (secondary N) is 2. The predicted molar refractivity (Wildman–Crippen MR) is 104 cm³/mol. The number of pyridine rings is 1. The van der Waals surface area contributed by atoms with Crippen LogP contribution in [0.1, 0.15) is 25.2 Å². The maximum Gasteiger partial charge on any atom is 0.244 e.